The van der Waals surface area contributed by atoms with Gasteiger partial charge in [0.25, 0.3) is 0 Å². The van der Waals surface area contributed by atoms with Crippen molar-refractivity contribution in [1.29, 1.82) is 0 Å². The first-order valence-corrected chi connectivity index (χ1v) is 21.5. The molecule has 1 aliphatic heterocycles. The second-order valence-corrected chi connectivity index (χ2v) is 17.0. The van der Waals surface area contributed by atoms with Crippen LogP contribution >= 0.6 is 11.8 Å². The highest BCUT2D eigenvalue weighted by Crippen LogP contribution is 2.62. The van der Waals surface area contributed by atoms with Crippen LogP contribution in [0.5, 0.6) is 0 Å². The molecule has 4 nitrogen and oxygen atoms in total. The lowest BCUT2D eigenvalue weighted by Gasteiger charge is -2.39. The Labute approximate surface area is 356 Å². The molecule has 61 heavy (non-hydrogen) atoms. The highest BCUT2D eigenvalue weighted by Gasteiger charge is 2.50. The zero-order valence-electron chi connectivity index (χ0n) is 32.8. The first-order chi connectivity index (χ1) is 30.2. The summed E-state index contributed by atoms with van der Waals surface area (Å²) in [6, 6.07) is 74.4. The standard InChI is InChI=1S/C56H34N4S/c1-3-15-35(16-4-1)36-27-29-39(30-28-36)54-57-53(38-18-5-2-6-19-38)58-55(59-54)60-49-34-51-48(33-44(49)43-32-31-37-17-7-8-20-40(37)52(43)60)56(47-25-13-14-26-50(47)61-51)45-23-11-9-21-41(45)42-22-10-12-24-46(42)56/h1-34H. The monoisotopic (exact) mass is 794 g/mol. The summed E-state index contributed by atoms with van der Waals surface area (Å²) in [6.07, 6.45) is 0. The highest BCUT2D eigenvalue weighted by atomic mass is 32.2. The van der Waals surface area contributed by atoms with Crippen molar-refractivity contribution in [1.82, 2.24) is 19.5 Å². The number of rotatable bonds is 4. The first-order valence-electron chi connectivity index (χ1n) is 20.7. The van der Waals surface area contributed by atoms with E-state index in [0.29, 0.717) is 17.6 Å². The summed E-state index contributed by atoms with van der Waals surface area (Å²) in [7, 11) is 0. The summed E-state index contributed by atoms with van der Waals surface area (Å²) in [5, 5.41) is 4.63. The molecule has 0 bridgehead atoms. The number of benzene rings is 9. The van der Waals surface area contributed by atoms with Crippen molar-refractivity contribution >= 4 is 44.3 Å². The molecule has 3 heterocycles. The third kappa shape index (κ3) is 4.99. The van der Waals surface area contributed by atoms with Crippen molar-refractivity contribution in [3.05, 3.63) is 229 Å². The Morgan fingerprint density at radius 2 is 0.934 bits per heavy atom. The number of hydrogen-bond acceptors (Lipinski definition) is 4. The van der Waals surface area contributed by atoms with Crippen LogP contribution in [0, 0.1) is 0 Å². The summed E-state index contributed by atoms with van der Waals surface area (Å²) >= 11 is 1.86. The molecule has 0 fully saturated rings. The van der Waals surface area contributed by atoms with E-state index in [1.165, 1.54) is 48.7 Å². The Hall–Kier alpha value is -7.60. The van der Waals surface area contributed by atoms with Crippen LogP contribution in [0.15, 0.2) is 216 Å². The Bertz CT molecular complexity index is 3510. The Kier molecular flexibility index (Phi) is 7.42. The smallest absolute Gasteiger partial charge is 0.238 e. The third-order valence-electron chi connectivity index (χ3n) is 12.7. The van der Waals surface area contributed by atoms with E-state index in [0.717, 1.165) is 49.3 Å². The normalized spacial score (nSPS) is 13.3. The van der Waals surface area contributed by atoms with Crippen LogP contribution in [0.2, 0.25) is 0 Å². The van der Waals surface area contributed by atoms with Gasteiger partial charge in [-0.25, -0.2) is 4.98 Å². The lowest BCUT2D eigenvalue weighted by molar-refractivity contribution is 0.724. The zero-order valence-corrected chi connectivity index (χ0v) is 33.6. The van der Waals surface area contributed by atoms with E-state index < -0.39 is 5.41 Å². The van der Waals surface area contributed by atoms with E-state index in [4.69, 9.17) is 15.0 Å². The summed E-state index contributed by atoms with van der Waals surface area (Å²) in [6.45, 7) is 0. The van der Waals surface area contributed by atoms with Gasteiger partial charge in [0.2, 0.25) is 5.95 Å². The van der Waals surface area contributed by atoms with Crippen molar-refractivity contribution in [2.75, 3.05) is 0 Å². The van der Waals surface area contributed by atoms with Crippen molar-refractivity contribution in [3.8, 4) is 51.0 Å². The summed E-state index contributed by atoms with van der Waals surface area (Å²) in [4.78, 5) is 18.4. The number of fused-ring (bicyclic) bond motifs is 14. The molecule has 0 saturated carbocycles. The minimum absolute atomic E-state index is 0.490. The number of hydrogen-bond donors (Lipinski definition) is 0. The molecule has 2 aromatic heterocycles. The molecule has 1 aliphatic carbocycles. The molecule has 5 heteroatoms. The largest absolute Gasteiger partial charge is 0.277 e. The van der Waals surface area contributed by atoms with Gasteiger partial charge in [-0.3, -0.25) is 4.57 Å². The predicted molar refractivity (Wildman–Crippen MR) is 249 cm³/mol. The maximum absolute atomic E-state index is 5.39. The molecule has 13 rings (SSSR count). The van der Waals surface area contributed by atoms with Gasteiger partial charge >= 0.3 is 0 Å². The van der Waals surface area contributed by atoms with Gasteiger partial charge in [-0.15, -0.1) is 0 Å². The second kappa shape index (κ2) is 13.2. The van der Waals surface area contributed by atoms with E-state index in [-0.39, 0.29) is 0 Å². The molecular formula is C56H34N4S. The molecule has 0 amide bonds. The van der Waals surface area contributed by atoms with Gasteiger partial charge in [0.15, 0.2) is 11.6 Å². The Balaban J connectivity index is 1.12. The van der Waals surface area contributed by atoms with Crippen molar-refractivity contribution in [2.24, 2.45) is 0 Å². The van der Waals surface area contributed by atoms with Gasteiger partial charge in [-0.2, -0.15) is 9.97 Å². The fraction of sp³-hybridized carbons (Fsp3) is 0.0179. The van der Waals surface area contributed by atoms with Crippen LogP contribution < -0.4 is 0 Å². The van der Waals surface area contributed by atoms with E-state index in [1.807, 2.05) is 36.0 Å². The van der Waals surface area contributed by atoms with Crippen LogP contribution in [0.3, 0.4) is 0 Å². The van der Waals surface area contributed by atoms with Crippen molar-refractivity contribution in [3.63, 3.8) is 0 Å². The van der Waals surface area contributed by atoms with E-state index >= 15 is 0 Å². The third-order valence-corrected chi connectivity index (χ3v) is 13.9. The lowest BCUT2D eigenvalue weighted by Crippen LogP contribution is -2.32. The highest BCUT2D eigenvalue weighted by molar-refractivity contribution is 7.99. The van der Waals surface area contributed by atoms with Crippen LogP contribution in [0.25, 0.3) is 83.6 Å². The van der Waals surface area contributed by atoms with Crippen LogP contribution in [0.4, 0.5) is 0 Å². The van der Waals surface area contributed by atoms with Gasteiger partial charge < -0.3 is 0 Å². The predicted octanol–water partition coefficient (Wildman–Crippen LogP) is 14.0. The fourth-order valence-corrected chi connectivity index (χ4v) is 11.3. The molecule has 9 aromatic carbocycles. The Morgan fingerprint density at radius 1 is 0.377 bits per heavy atom. The second-order valence-electron chi connectivity index (χ2n) is 15.9. The molecule has 1 spiro atoms. The maximum Gasteiger partial charge on any atom is 0.238 e. The van der Waals surface area contributed by atoms with Gasteiger partial charge in [-0.05, 0) is 68.1 Å². The van der Waals surface area contributed by atoms with Gasteiger partial charge in [0.1, 0.15) is 0 Å². The topological polar surface area (TPSA) is 43.6 Å². The van der Waals surface area contributed by atoms with E-state index in [9.17, 15) is 0 Å². The fourth-order valence-electron chi connectivity index (χ4n) is 10.1. The van der Waals surface area contributed by atoms with Crippen LogP contribution in [0.1, 0.15) is 22.3 Å². The number of aromatic nitrogens is 4. The van der Waals surface area contributed by atoms with Crippen molar-refractivity contribution < 1.29 is 0 Å². The van der Waals surface area contributed by atoms with Gasteiger partial charge in [0, 0.05) is 37.1 Å². The molecule has 284 valence electrons. The average molecular weight is 795 g/mol. The summed E-state index contributed by atoms with van der Waals surface area (Å²) in [5.41, 5.74) is 13.7. The molecule has 2 aliphatic rings. The SMILES string of the molecule is c1ccc(-c2ccc(-c3nc(-c4ccccc4)nc(-n4c5cc6c(cc5c5ccc7ccccc7c54)C4(c5ccccc5S6)c5ccccc5-c5ccccc54)n3)cc2)cc1. The quantitative estimate of drug-likeness (QED) is 0.178. The molecule has 11 aromatic rings. The molecular weight excluding hydrogens is 761 g/mol. The van der Waals surface area contributed by atoms with Crippen molar-refractivity contribution in [2.45, 2.75) is 15.2 Å². The average Bonchev–Trinajstić information content (AvgIpc) is 3.82. The minimum Gasteiger partial charge on any atom is -0.277 e. The summed E-state index contributed by atoms with van der Waals surface area (Å²) in [5.74, 6) is 1.83. The van der Waals surface area contributed by atoms with E-state index in [2.05, 4.69) is 187 Å². The number of nitrogens with zero attached hydrogens (tertiary/aromatic N) is 4. The first kappa shape index (κ1) is 34.3. The molecule has 0 N–H and O–H groups in total. The molecule has 0 saturated heterocycles. The zero-order chi connectivity index (χ0) is 40.1. The molecule has 0 radical (unpaired) electrons. The Morgan fingerprint density at radius 3 is 1.66 bits per heavy atom. The summed E-state index contributed by atoms with van der Waals surface area (Å²) < 4.78 is 2.30. The molecule has 0 unspecified atom stereocenters. The minimum atomic E-state index is -0.490. The molecule has 0 atom stereocenters. The van der Waals surface area contributed by atoms with E-state index in [1.54, 1.807) is 0 Å². The van der Waals surface area contributed by atoms with Gasteiger partial charge in [0.05, 0.1) is 16.4 Å². The lowest BCUT2D eigenvalue weighted by atomic mass is 9.67. The van der Waals surface area contributed by atoms with Gasteiger partial charge in [-0.1, -0.05) is 200 Å². The maximum atomic E-state index is 5.39. The van der Waals surface area contributed by atoms with Crippen LogP contribution in [-0.2, 0) is 5.41 Å². The van der Waals surface area contributed by atoms with Crippen LogP contribution in [-0.4, -0.2) is 19.5 Å².